The van der Waals surface area contributed by atoms with Gasteiger partial charge in [0.25, 0.3) is 0 Å². The zero-order valence-electron chi connectivity index (χ0n) is 14.2. The number of aromatic amines is 1. The van der Waals surface area contributed by atoms with E-state index in [-0.39, 0.29) is 12.4 Å². The van der Waals surface area contributed by atoms with Gasteiger partial charge in [-0.1, -0.05) is 18.5 Å². The van der Waals surface area contributed by atoms with E-state index in [1.165, 1.54) is 7.11 Å². The van der Waals surface area contributed by atoms with Gasteiger partial charge in [0.2, 0.25) is 5.78 Å². The summed E-state index contributed by atoms with van der Waals surface area (Å²) in [6.07, 6.45) is 0.779. The number of aryl methyl sites for hydroxylation is 2. The summed E-state index contributed by atoms with van der Waals surface area (Å²) in [6.45, 7) is 5.30. The maximum absolute atomic E-state index is 12.4. The lowest BCUT2D eigenvalue weighted by molar-refractivity contribution is 0.0599. The van der Waals surface area contributed by atoms with Crippen LogP contribution in [0.25, 0.3) is 0 Å². The van der Waals surface area contributed by atoms with E-state index in [4.69, 9.17) is 21.1 Å². The molecule has 24 heavy (non-hydrogen) atoms. The van der Waals surface area contributed by atoms with Crippen LogP contribution in [0.1, 0.15) is 44.6 Å². The first kappa shape index (κ1) is 18.1. The molecule has 0 saturated carbocycles. The Bertz CT molecular complexity index is 780. The first-order chi connectivity index (χ1) is 11.4. The lowest BCUT2D eigenvalue weighted by Crippen LogP contribution is -2.13. The largest absolute Gasteiger partial charge is 0.485 e. The Hall–Kier alpha value is -2.27. The normalized spacial score (nSPS) is 10.5. The number of carbonyl (C=O) groups is 2. The van der Waals surface area contributed by atoms with Crippen molar-refractivity contribution in [3.8, 4) is 5.75 Å². The van der Waals surface area contributed by atoms with Crippen molar-refractivity contribution in [3.63, 3.8) is 0 Å². The SMILES string of the molecule is CCc1cc(OCC(=O)c2[nH]c(C)c(C(=O)OC)c2C)ccc1Cl. The summed E-state index contributed by atoms with van der Waals surface area (Å²) in [6, 6.07) is 5.30. The number of rotatable bonds is 6. The molecular weight excluding hydrogens is 330 g/mol. The number of benzene rings is 1. The van der Waals surface area contributed by atoms with Crippen LogP contribution < -0.4 is 4.74 Å². The third-order valence-corrected chi connectivity index (χ3v) is 4.24. The van der Waals surface area contributed by atoms with Crippen LogP contribution in [0, 0.1) is 13.8 Å². The Balaban J connectivity index is 2.15. The van der Waals surface area contributed by atoms with Gasteiger partial charge in [-0.15, -0.1) is 0 Å². The summed E-state index contributed by atoms with van der Waals surface area (Å²) < 4.78 is 10.3. The number of ether oxygens (including phenoxy) is 2. The molecule has 0 bridgehead atoms. The fourth-order valence-corrected chi connectivity index (χ4v) is 2.82. The first-order valence-electron chi connectivity index (χ1n) is 7.60. The Kier molecular flexibility index (Phi) is 5.67. The maximum Gasteiger partial charge on any atom is 0.339 e. The number of Topliss-reactive ketones (excluding diaryl/α,β-unsaturated/α-hetero) is 1. The van der Waals surface area contributed by atoms with Crippen molar-refractivity contribution in [2.75, 3.05) is 13.7 Å². The van der Waals surface area contributed by atoms with Crippen LogP contribution in [0.15, 0.2) is 18.2 Å². The molecule has 1 N–H and O–H groups in total. The summed E-state index contributed by atoms with van der Waals surface area (Å²) in [5.41, 5.74) is 2.88. The highest BCUT2D eigenvalue weighted by Gasteiger charge is 2.22. The molecule has 0 radical (unpaired) electrons. The smallest absolute Gasteiger partial charge is 0.339 e. The summed E-state index contributed by atoms with van der Waals surface area (Å²) in [5, 5.41) is 0.676. The predicted molar refractivity (Wildman–Crippen MR) is 92.3 cm³/mol. The van der Waals surface area contributed by atoms with Crippen LogP contribution in [0.2, 0.25) is 5.02 Å². The molecule has 2 rings (SSSR count). The van der Waals surface area contributed by atoms with Gasteiger partial charge in [0.1, 0.15) is 5.75 Å². The second-order valence-corrected chi connectivity index (χ2v) is 5.84. The average molecular weight is 350 g/mol. The molecule has 0 amide bonds. The van der Waals surface area contributed by atoms with Crippen molar-refractivity contribution in [1.29, 1.82) is 0 Å². The minimum atomic E-state index is -0.466. The number of H-pyrrole nitrogens is 1. The molecule has 6 heteroatoms. The number of esters is 1. The van der Waals surface area contributed by atoms with Crippen LogP contribution in [0.5, 0.6) is 5.75 Å². The zero-order valence-corrected chi connectivity index (χ0v) is 14.9. The number of halogens is 1. The van der Waals surface area contributed by atoms with Crippen LogP contribution >= 0.6 is 11.6 Å². The Morgan fingerprint density at radius 3 is 2.58 bits per heavy atom. The van der Waals surface area contributed by atoms with Crippen LogP contribution in [-0.2, 0) is 11.2 Å². The summed E-state index contributed by atoms with van der Waals surface area (Å²) in [4.78, 5) is 27.1. The molecule has 0 aliphatic carbocycles. The number of hydrogen-bond donors (Lipinski definition) is 1. The van der Waals surface area contributed by atoms with Crippen molar-refractivity contribution in [1.82, 2.24) is 4.98 Å². The highest BCUT2D eigenvalue weighted by molar-refractivity contribution is 6.31. The standard InChI is InChI=1S/C18H20ClNO4/c1-5-12-8-13(6-7-14(12)19)24-9-15(21)17-10(2)16(11(3)20-17)18(22)23-4/h6-8,20H,5,9H2,1-4H3. The fourth-order valence-electron chi connectivity index (χ4n) is 2.57. The predicted octanol–water partition coefficient (Wildman–Crippen LogP) is 3.90. The first-order valence-corrected chi connectivity index (χ1v) is 7.98. The van der Waals surface area contributed by atoms with E-state index in [1.54, 1.807) is 26.0 Å². The third kappa shape index (κ3) is 3.62. The summed E-state index contributed by atoms with van der Waals surface area (Å²) >= 11 is 6.07. The number of ketones is 1. The quantitative estimate of drug-likeness (QED) is 0.634. The van der Waals surface area contributed by atoms with E-state index in [2.05, 4.69) is 4.98 Å². The third-order valence-electron chi connectivity index (χ3n) is 3.87. The summed E-state index contributed by atoms with van der Waals surface area (Å²) in [7, 11) is 1.31. The van der Waals surface area contributed by atoms with E-state index < -0.39 is 5.97 Å². The molecular formula is C18H20ClNO4. The van der Waals surface area contributed by atoms with E-state index in [0.717, 1.165) is 12.0 Å². The van der Waals surface area contributed by atoms with Crippen LogP contribution in [-0.4, -0.2) is 30.5 Å². The molecule has 128 valence electrons. The van der Waals surface area contributed by atoms with Gasteiger partial charge in [0.05, 0.1) is 18.4 Å². The Morgan fingerprint density at radius 2 is 1.96 bits per heavy atom. The Labute approximate surface area is 145 Å². The molecule has 0 spiro atoms. The molecule has 0 atom stereocenters. The number of methoxy groups -OCH3 is 1. The molecule has 2 aromatic rings. The van der Waals surface area contributed by atoms with E-state index in [0.29, 0.717) is 33.3 Å². The minimum Gasteiger partial charge on any atom is -0.485 e. The molecule has 1 aromatic heterocycles. The lowest BCUT2D eigenvalue weighted by Gasteiger charge is -2.08. The average Bonchev–Trinajstić information content (AvgIpc) is 2.87. The number of aromatic nitrogens is 1. The van der Waals surface area contributed by atoms with Gasteiger partial charge in [0, 0.05) is 10.7 Å². The van der Waals surface area contributed by atoms with Gasteiger partial charge in [-0.25, -0.2) is 4.79 Å². The van der Waals surface area contributed by atoms with Gasteiger partial charge in [-0.2, -0.15) is 0 Å². The van der Waals surface area contributed by atoms with E-state index in [9.17, 15) is 9.59 Å². The van der Waals surface area contributed by atoms with Crippen molar-refractivity contribution in [3.05, 3.63) is 51.3 Å². The van der Waals surface area contributed by atoms with Crippen LogP contribution in [0.4, 0.5) is 0 Å². The number of nitrogens with one attached hydrogen (secondary N) is 1. The molecule has 1 heterocycles. The van der Waals surface area contributed by atoms with E-state index >= 15 is 0 Å². The fraction of sp³-hybridized carbons (Fsp3) is 0.333. The Morgan fingerprint density at radius 1 is 1.25 bits per heavy atom. The van der Waals surface area contributed by atoms with Gasteiger partial charge in [-0.3, -0.25) is 4.79 Å². The van der Waals surface area contributed by atoms with Crippen molar-refractivity contribution < 1.29 is 19.1 Å². The molecule has 0 saturated heterocycles. The van der Waals surface area contributed by atoms with Crippen molar-refractivity contribution in [2.24, 2.45) is 0 Å². The summed E-state index contributed by atoms with van der Waals surface area (Å²) in [5.74, 6) is -0.121. The molecule has 5 nitrogen and oxygen atoms in total. The van der Waals surface area contributed by atoms with Crippen molar-refractivity contribution in [2.45, 2.75) is 27.2 Å². The van der Waals surface area contributed by atoms with E-state index in [1.807, 2.05) is 13.0 Å². The maximum atomic E-state index is 12.4. The minimum absolute atomic E-state index is 0.133. The van der Waals surface area contributed by atoms with Crippen molar-refractivity contribution >= 4 is 23.4 Å². The molecule has 0 unspecified atom stereocenters. The molecule has 0 fully saturated rings. The number of carbonyl (C=O) groups excluding carboxylic acids is 2. The highest BCUT2D eigenvalue weighted by Crippen LogP contribution is 2.23. The highest BCUT2D eigenvalue weighted by atomic mass is 35.5. The van der Waals surface area contributed by atoms with Crippen LogP contribution in [0.3, 0.4) is 0 Å². The van der Waals surface area contributed by atoms with Gasteiger partial charge < -0.3 is 14.5 Å². The van der Waals surface area contributed by atoms with Gasteiger partial charge >= 0.3 is 5.97 Å². The second-order valence-electron chi connectivity index (χ2n) is 5.44. The topological polar surface area (TPSA) is 68.4 Å². The molecule has 0 aliphatic rings. The second kappa shape index (κ2) is 7.53. The number of hydrogen-bond acceptors (Lipinski definition) is 4. The molecule has 1 aromatic carbocycles. The molecule has 0 aliphatic heterocycles. The van der Waals surface area contributed by atoms with Gasteiger partial charge in [-0.05, 0) is 49.6 Å². The lowest BCUT2D eigenvalue weighted by atomic mass is 10.1. The zero-order chi connectivity index (χ0) is 17.9. The monoisotopic (exact) mass is 349 g/mol. The van der Waals surface area contributed by atoms with Gasteiger partial charge in [0.15, 0.2) is 6.61 Å².